The number of nitrogens with one attached hydrogen (secondary N) is 1. The molecule has 0 radical (unpaired) electrons. The molecule has 0 unspecified atom stereocenters. The standard InChI is InChI=1S/C15H27N3/c1-4-18(12-6-5-9-17-14(2)3)13-15-7-10-16-11-8-15/h7-8,10-11,14,17H,4-6,9,12-13H2,1-3H3. The van der Waals surface area contributed by atoms with Crippen LogP contribution in [0.1, 0.15) is 39.2 Å². The van der Waals surface area contributed by atoms with Gasteiger partial charge in [-0.3, -0.25) is 9.88 Å². The van der Waals surface area contributed by atoms with Crippen molar-refractivity contribution < 1.29 is 0 Å². The number of aromatic nitrogens is 1. The first-order chi connectivity index (χ1) is 8.72. The molecule has 0 aromatic carbocycles. The molecule has 0 aliphatic heterocycles. The van der Waals surface area contributed by atoms with E-state index in [9.17, 15) is 0 Å². The molecule has 3 heteroatoms. The van der Waals surface area contributed by atoms with Gasteiger partial charge >= 0.3 is 0 Å². The summed E-state index contributed by atoms with van der Waals surface area (Å²) in [6, 6.07) is 4.80. The van der Waals surface area contributed by atoms with E-state index in [-0.39, 0.29) is 0 Å². The van der Waals surface area contributed by atoms with Gasteiger partial charge in [0.05, 0.1) is 0 Å². The molecule has 3 nitrogen and oxygen atoms in total. The van der Waals surface area contributed by atoms with Crippen molar-refractivity contribution in [2.75, 3.05) is 19.6 Å². The molecule has 0 aliphatic carbocycles. The zero-order valence-electron chi connectivity index (χ0n) is 12.0. The van der Waals surface area contributed by atoms with Crippen LogP contribution in [0.15, 0.2) is 24.5 Å². The second-order valence-electron chi connectivity index (χ2n) is 5.04. The van der Waals surface area contributed by atoms with Crippen LogP contribution in [0.3, 0.4) is 0 Å². The average molecular weight is 249 g/mol. The normalized spacial score (nSPS) is 11.4. The van der Waals surface area contributed by atoms with Crippen LogP contribution in [0.2, 0.25) is 0 Å². The summed E-state index contributed by atoms with van der Waals surface area (Å²) in [5, 5.41) is 3.46. The quantitative estimate of drug-likeness (QED) is 0.682. The van der Waals surface area contributed by atoms with Crippen molar-refractivity contribution in [1.29, 1.82) is 0 Å². The molecule has 1 heterocycles. The summed E-state index contributed by atoms with van der Waals surface area (Å²) < 4.78 is 0. The Bertz CT molecular complexity index is 298. The Morgan fingerprint density at radius 1 is 1.22 bits per heavy atom. The van der Waals surface area contributed by atoms with E-state index in [4.69, 9.17) is 0 Å². The summed E-state index contributed by atoms with van der Waals surface area (Å²) in [5.74, 6) is 0. The maximum Gasteiger partial charge on any atom is 0.0271 e. The lowest BCUT2D eigenvalue weighted by Gasteiger charge is -2.20. The van der Waals surface area contributed by atoms with Gasteiger partial charge in [0, 0.05) is 25.0 Å². The molecule has 18 heavy (non-hydrogen) atoms. The molecule has 1 N–H and O–H groups in total. The van der Waals surface area contributed by atoms with Crippen LogP contribution in [-0.4, -0.2) is 35.6 Å². The Labute approximate surface area is 112 Å². The third kappa shape index (κ3) is 6.72. The predicted octanol–water partition coefficient (Wildman–Crippen LogP) is 2.68. The first-order valence-corrected chi connectivity index (χ1v) is 7.07. The van der Waals surface area contributed by atoms with Gasteiger partial charge in [-0.1, -0.05) is 20.8 Å². The highest BCUT2D eigenvalue weighted by atomic mass is 15.1. The number of nitrogens with zero attached hydrogens (tertiary/aromatic N) is 2. The molecule has 0 amide bonds. The maximum absolute atomic E-state index is 4.05. The van der Waals surface area contributed by atoms with E-state index < -0.39 is 0 Å². The molecule has 102 valence electrons. The molecule has 0 saturated heterocycles. The summed E-state index contributed by atoms with van der Waals surface area (Å²) in [6.45, 7) is 11.1. The smallest absolute Gasteiger partial charge is 0.0271 e. The van der Waals surface area contributed by atoms with Crippen LogP contribution in [0, 0.1) is 0 Å². The lowest BCUT2D eigenvalue weighted by atomic mass is 10.2. The monoisotopic (exact) mass is 249 g/mol. The molecular formula is C15H27N3. The van der Waals surface area contributed by atoms with Crippen molar-refractivity contribution in [2.24, 2.45) is 0 Å². The van der Waals surface area contributed by atoms with E-state index in [2.05, 4.69) is 48.1 Å². The molecule has 0 fully saturated rings. The number of rotatable bonds is 9. The SMILES string of the molecule is CCN(CCCCNC(C)C)Cc1ccncc1. The highest BCUT2D eigenvalue weighted by Gasteiger charge is 2.03. The van der Waals surface area contributed by atoms with E-state index in [1.54, 1.807) is 0 Å². The van der Waals surface area contributed by atoms with Gasteiger partial charge in [0.15, 0.2) is 0 Å². The van der Waals surface area contributed by atoms with Gasteiger partial charge in [-0.05, 0) is 50.2 Å². The summed E-state index contributed by atoms with van der Waals surface area (Å²) in [7, 11) is 0. The topological polar surface area (TPSA) is 28.2 Å². The summed E-state index contributed by atoms with van der Waals surface area (Å²) in [5.41, 5.74) is 1.35. The van der Waals surface area contributed by atoms with Crippen LogP contribution in [-0.2, 0) is 6.54 Å². The van der Waals surface area contributed by atoms with Crippen LogP contribution < -0.4 is 5.32 Å². The Morgan fingerprint density at radius 2 is 1.94 bits per heavy atom. The van der Waals surface area contributed by atoms with Crippen molar-refractivity contribution in [3.05, 3.63) is 30.1 Å². The van der Waals surface area contributed by atoms with E-state index in [1.165, 1.54) is 24.9 Å². The largest absolute Gasteiger partial charge is 0.315 e. The summed E-state index contributed by atoms with van der Waals surface area (Å²) in [6.07, 6.45) is 6.26. The van der Waals surface area contributed by atoms with Crippen molar-refractivity contribution in [3.8, 4) is 0 Å². The Kier molecular flexibility index (Phi) is 7.62. The third-order valence-corrected chi connectivity index (χ3v) is 3.06. The molecule has 0 saturated carbocycles. The molecule has 0 bridgehead atoms. The van der Waals surface area contributed by atoms with Crippen LogP contribution in [0.4, 0.5) is 0 Å². The fraction of sp³-hybridized carbons (Fsp3) is 0.667. The van der Waals surface area contributed by atoms with Gasteiger partial charge in [-0.25, -0.2) is 0 Å². The van der Waals surface area contributed by atoms with Gasteiger partial charge < -0.3 is 5.32 Å². The van der Waals surface area contributed by atoms with E-state index >= 15 is 0 Å². The second-order valence-corrected chi connectivity index (χ2v) is 5.04. The summed E-state index contributed by atoms with van der Waals surface area (Å²) >= 11 is 0. The molecule has 1 rings (SSSR count). The second kappa shape index (κ2) is 9.06. The highest BCUT2D eigenvalue weighted by Crippen LogP contribution is 2.04. The fourth-order valence-electron chi connectivity index (χ4n) is 1.95. The van der Waals surface area contributed by atoms with Crippen molar-refractivity contribution in [2.45, 2.75) is 46.2 Å². The minimum atomic E-state index is 0.601. The molecular weight excluding hydrogens is 222 g/mol. The van der Waals surface area contributed by atoms with Crippen molar-refractivity contribution >= 4 is 0 Å². The Balaban J connectivity index is 2.18. The third-order valence-electron chi connectivity index (χ3n) is 3.06. The molecule has 1 aromatic heterocycles. The number of hydrogen-bond acceptors (Lipinski definition) is 3. The minimum Gasteiger partial charge on any atom is -0.315 e. The van der Waals surface area contributed by atoms with Crippen LogP contribution in [0.25, 0.3) is 0 Å². The van der Waals surface area contributed by atoms with Crippen LogP contribution >= 0.6 is 0 Å². The zero-order chi connectivity index (χ0) is 13.2. The lowest BCUT2D eigenvalue weighted by molar-refractivity contribution is 0.273. The van der Waals surface area contributed by atoms with Gasteiger partial charge in [0.2, 0.25) is 0 Å². The lowest BCUT2D eigenvalue weighted by Crippen LogP contribution is -2.27. The van der Waals surface area contributed by atoms with E-state index in [0.717, 1.165) is 19.6 Å². The minimum absolute atomic E-state index is 0.601. The first-order valence-electron chi connectivity index (χ1n) is 7.07. The highest BCUT2D eigenvalue weighted by molar-refractivity contribution is 5.09. The van der Waals surface area contributed by atoms with E-state index in [0.29, 0.717) is 6.04 Å². The molecule has 0 atom stereocenters. The number of pyridine rings is 1. The van der Waals surface area contributed by atoms with Crippen LogP contribution in [0.5, 0.6) is 0 Å². The van der Waals surface area contributed by atoms with Gasteiger partial charge in [-0.2, -0.15) is 0 Å². The van der Waals surface area contributed by atoms with E-state index in [1.807, 2.05) is 12.4 Å². The molecule has 0 aliphatic rings. The van der Waals surface area contributed by atoms with Crippen molar-refractivity contribution in [1.82, 2.24) is 15.2 Å². The zero-order valence-corrected chi connectivity index (χ0v) is 12.0. The van der Waals surface area contributed by atoms with Gasteiger partial charge in [-0.15, -0.1) is 0 Å². The Hall–Kier alpha value is -0.930. The molecule has 1 aromatic rings. The fourth-order valence-corrected chi connectivity index (χ4v) is 1.95. The number of hydrogen-bond donors (Lipinski definition) is 1. The van der Waals surface area contributed by atoms with Crippen molar-refractivity contribution in [3.63, 3.8) is 0 Å². The Morgan fingerprint density at radius 3 is 2.56 bits per heavy atom. The summed E-state index contributed by atoms with van der Waals surface area (Å²) in [4.78, 5) is 6.55. The van der Waals surface area contributed by atoms with Gasteiger partial charge in [0.1, 0.15) is 0 Å². The van der Waals surface area contributed by atoms with Gasteiger partial charge in [0.25, 0.3) is 0 Å². The first kappa shape index (κ1) is 15.1. The average Bonchev–Trinajstić information content (AvgIpc) is 2.38. The predicted molar refractivity (Wildman–Crippen MR) is 77.6 cm³/mol. The maximum atomic E-state index is 4.05. The molecule has 0 spiro atoms. The number of unbranched alkanes of at least 4 members (excludes halogenated alkanes) is 1.